The smallest absolute Gasteiger partial charge is 0.261 e. The molecule has 1 fully saturated rings. The summed E-state index contributed by atoms with van der Waals surface area (Å²) < 4.78 is 0. The molecule has 0 spiro atoms. The molecule has 0 atom stereocenters. The van der Waals surface area contributed by atoms with Crippen molar-refractivity contribution < 1.29 is 14.4 Å². The van der Waals surface area contributed by atoms with Gasteiger partial charge in [-0.2, -0.15) is 0 Å². The Morgan fingerprint density at radius 2 is 1.57 bits per heavy atom. The minimum absolute atomic E-state index is 0.0267. The van der Waals surface area contributed by atoms with E-state index in [4.69, 9.17) is 0 Å². The van der Waals surface area contributed by atoms with Crippen molar-refractivity contribution in [1.29, 1.82) is 0 Å². The Kier molecular flexibility index (Phi) is 3.85. The number of amides is 2. The first-order chi connectivity index (χ1) is 10.1. The van der Waals surface area contributed by atoms with Crippen LogP contribution < -0.4 is 0 Å². The zero-order valence-corrected chi connectivity index (χ0v) is 12.7. The highest BCUT2D eigenvalue weighted by Crippen LogP contribution is 2.34. The lowest BCUT2D eigenvalue weighted by molar-refractivity contribution is -0.109. The van der Waals surface area contributed by atoms with E-state index in [9.17, 15) is 14.4 Å². The van der Waals surface area contributed by atoms with E-state index in [0.29, 0.717) is 16.4 Å². The molecule has 1 heterocycles. The van der Waals surface area contributed by atoms with Gasteiger partial charge in [0.25, 0.3) is 11.8 Å². The van der Waals surface area contributed by atoms with Gasteiger partial charge in [0.2, 0.25) is 0 Å². The van der Waals surface area contributed by atoms with Crippen LogP contribution in [0.15, 0.2) is 24.3 Å². The fourth-order valence-corrected chi connectivity index (χ4v) is 4.17. The van der Waals surface area contributed by atoms with Crippen LogP contribution in [0.5, 0.6) is 0 Å². The second-order valence-electron chi connectivity index (χ2n) is 5.57. The monoisotopic (exact) mass is 303 g/mol. The van der Waals surface area contributed by atoms with E-state index in [1.165, 1.54) is 16.7 Å². The lowest BCUT2D eigenvalue weighted by Crippen LogP contribution is -2.42. The highest BCUT2D eigenvalue weighted by atomic mass is 32.2. The number of thioether (sulfide) groups is 1. The number of benzene rings is 1. The third-order valence-electron chi connectivity index (χ3n) is 4.17. The Balaban J connectivity index is 1.71. The third-order valence-corrected chi connectivity index (χ3v) is 5.30. The standard InChI is InChI=1S/C16H17NO3S/c1-10(18)21-12-8-6-11(7-9-12)17-15(19)13-4-2-3-5-14(13)16(17)20/h2-5,11-12H,6-9H2,1H3. The van der Waals surface area contributed by atoms with Crippen molar-refractivity contribution in [2.75, 3.05) is 0 Å². The fourth-order valence-electron chi connectivity index (χ4n) is 3.20. The molecule has 2 aliphatic rings. The van der Waals surface area contributed by atoms with Gasteiger partial charge >= 0.3 is 0 Å². The van der Waals surface area contributed by atoms with Gasteiger partial charge < -0.3 is 0 Å². The van der Waals surface area contributed by atoms with E-state index in [1.807, 2.05) is 0 Å². The molecule has 0 saturated heterocycles. The first-order valence-corrected chi connectivity index (χ1v) is 8.10. The summed E-state index contributed by atoms with van der Waals surface area (Å²) in [7, 11) is 0. The maximum absolute atomic E-state index is 12.4. The zero-order chi connectivity index (χ0) is 15.0. The molecule has 0 N–H and O–H groups in total. The molecule has 0 unspecified atom stereocenters. The molecule has 4 nitrogen and oxygen atoms in total. The highest BCUT2D eigenvalue weighted by molar-refractivity contribution is 8.14. The Morgan fingerprint density at radius 3 is 2.05 bits per heavy atom. The molecule has 1 aromatic rings. The first kappa shape index (κ1) is 14.3. The quantitative estimate of drug-likeness (QED) is 0.788. The van der Waals surface area contributed by atoms with Gasteiger partial charge in [0.1, 0.15) is 0 Å². The molecule has 110 valence electrons. The normalized spacial score (nSPS) is 25.1. The summed E-state index contributed by atoms with van der Waals surface area (Å²) in [6.45, 7) is 1.58. The molecule has 5 heteroatoms. The summed E-state index contributed by atoms with van der Waals surface area (Å²) >= 11 is 1.38. The van der Waals surface area contributed by atoms with Gasteiger partial charge in [0, 0.05) is 18.2 Å². The van der Waals surface area contributed by atoms with E-state index < -0.39 is 0 Å². The number of carbonyl (C=O) groups is 3. The number of carbonyl (C=O) groups excluding carboxylic acids is 3. The summed E-state index contributed by atoms with van der Waals surface area (Å²) in [5, 5.41) is 0.466. The van der Waals surface area contributed by atoms with Crippen LogP contribution in [0.2, 0.25) is 0 Å². The number of fused-ring (bicyclic) bond motifs is 1. The zero-order valence-electron chi connectivity index (χ0n) is 11.9. The summed E-state index contributed by atoms with van der Waals surface area (Å²) in [6.07, 6.45) is 3.33. The molecule has 1 aromatic carbocycles. The third kappa shape index (κ3) is 2.62. The molecule has 1 aliphatic heterocycles. The predicted octanol–water partition coefficient (Wildman–Crippen LogP) is 2.87. The van der Waals surface area contributed by atoms with Gasteiger partial charge in [-0.15, -0.1) is 0 Å². The maximum Gasteiger partial charge on any atom is 0.261 e. The molecule has 0 bridgehead atoms. The second kappa shape index (κ2) is 5.64. The number of hydrogen-bond donors (Lipinski definition) is 0. The van der Waals surface area contributed by atoms with Gasteiger partial charge in [0.15, 0.2) is 5.12 Å². The minimum atomic E-state index is -0.168. The van der Waals surface area contributed by atoms with E-state index in [-0.39, 0.29) is 23.0 Å². The number of hydrogen-bond acceptors (Lipinski definition) is 4. The molecule has 3 rings (SSSR count). The lowest BCUT2D eigenvalue weighted by atomic mass is 9.94. The van der Waals surface area contributed by atoms with Crippen LogP contribution in [0.1, 0.15) is 53.3 Å². The fraction of sp³-hybridized carbons (Fsp3) is 0.438. The number of imide groups is 1. The van der Waals surface area contributed by atoms with E-state index in [0.717, 1.165) is 25.7 Å². The Labute approximate surface area is 127 Å². The van der Waals surface area contributed by atoms with E-state index >= 15 is 0 Å². The summed E-state index contributed by atoms with van der Waals surface area (Å²) in [5.74, 6) is -0.337. The molecule has 21 heavy (non-hydrogen) atoms. The van der Waals surface area contributed by atoms with Gasteiger partial charge in [-0.05, 0) is 37.8 Å². The van der Waals surface area contributed by atoms with Gasteiger partial charge in [-0.1, -0.05) is 23.9 Å². The molecule has 0 aromatic heterocycles. The molecule has 1 saturated carbocycles. The second-order valence-corrected chi connectivity index (χ2v) is 7.04. The van der Waals surface area contributed by atoms with Crippen LogP contribution in [-0.2, 0) is 4.79 Å². The minimum Gasteiger partial charge on any atom is -0.288 e. The van der Waals surface area contributed by atoms with Crippen LogP contribution in [-0.4, -0.2) is 33.1 Å². The van der Waals surface area contributed by atoms with Crippen molar-refractivity contribution in [3.63, 3.8) is 0 Å². The first-order valence-electron chi connectivity index (χ1n) is 7.22. The van der Waals surface area contributed by atoms with Crippen molar-refractivity contribution in [2.45, 2.75) is 43.9 Å². The van der Waals surface area contributed by atoms with Crippen molar-refractivity contribution in [3.05, 3.63) is 35.4 Å². The molecule has 1 aliphatic carbocycles. The van der Waals surface area contributed by atoms with Crippen LogP contribution >= 0.6 is 11.8 Å². The summed E-state index contributed by atoms with van der Waals surface area (Å²) in [5.41, 5.74) is 1.03. The average Bonchev–Trinajstić information content (AvgIpc) is 2.72. The predicted molar refractivity (Wildman–Crippen MR) is 81.3 cm³/mol. The average molecular weight is 303 g/mol. The lowest BCUT2D eigenvalue weighted by Gasteiger charge is -2.32. The van der Waals surface area contributed by atoms with E-state index in [2.05, 4.69) is 0 Å². The molecule has 0 radical (unpaired) electrons. The van der Waals surface area contributed by atoms with Gasteiger partial charge in [0.05, 0.1) is 11.1 Å². The SMILES string of the molecule is CC(=O)SC1CCC(N2C(=O)c3ccccc3C2=O)CC1. The van der Waals surface area contributed by atoms with Crippen LogP contribution in [0, 0.1) is 0 Å². The Morgan fingerprint density at radius 1 is 1.05 bits per heavy atom. The number of rotatable bonds is 2. The topological polar surface area (TPSA) is 54.5 Å². The summed E-state index contributed by atoms with van der Waals surface area (Å²) in [6, 6.07) is 6.97. The molecule has 2 amide bonds. The van der Waals surface area contributed by atoms with Crippen LogP contribution in [0.3, 0.4) is 0 Å². The van der Waals surface area contributed by atoms with Crippen molar-refractivity contribution in [3.8, 4) is 0 Å². The number of nitrogens with zero attached hydrogens (tertiary/aromatic N) is 1. The largest absolute Gasteiger partial charge is 0.288 e. The van der Waals surface area contributed by atoms with Crippen LogP contribution in [0.25, 0.3) is 0 Å². The van der Waals surface area contributed by atoms with E-state index in [1.54, 1.807) is 31.2 Å². The van der Waals surface area contributed by atoms with Crippen molar-refractivity contribution in [2.24, 2.45) is 0 Å². The van der Waals surface area contributed by atoms with Gasteiger partial charge in [-0.25, -0.2) is 0 Å². The molecular formula is C16H17NO3S. The van der Waals surface area contributed by atoms with Crippen molar-refractivity contribution in [1.82, 2.24) is 4.90 Å². The maximum atomic E-state index is 12.4. The Bertz CT molecular complexity index is 570. The highest BCUT2D eigenvalue weighted by Gasteiger charge is 2.40. The van der Waals surface area contributed by atoms with Gasteiger partial charge in [-0.3, -0.25) is 19.3 Å². The Hall–Kier alpha value is -1.62. The van der Waals surface area contributed by atoms with Crippen molar-refractivity contribution >= 4 is 28.7 Å². The summed E-state index contributed by atoms with van der Waals surface area (Å²) in [4.78, 5) is 37.4. The molecular weight excluding hydrogens is 286 g/mol. The van der Waals surface area contributed by atoms with Crippen LogP contribution in [0.4, 0.5) is 0 Å².